The van der Waals surface area contributed by atoms with Crippen LogP contribution in [-0.2, 0) is 16.6 Å². The molecule has 0 radical (unpaired) electrons. The highest BCUT2D eigenvalue weighted by Crippen LogP contribution is 2.29. The van der Waals surface area contributed by atoms with Gasteiger partial charge in [0.25, 0.3) is 5.91 Å². The van der Waals surface area contributed by atoms with E-state index in [4.69, 9.17) is 9.72 Å². The number of benzene rings is 1. The van der Waals surface area contributed by atoms with Crippen LogP contribution in [-0.4, -0.2) is 71.1 Å². The maximum atomic E-state index is 13.5. The third-order valence-electron chi connectivity index (χ3n) is 6.59. The Balaban J connectivity index is 1.58. The Bertz CT molecular complexity index is 1200. The number of hydrogen-bond acceptors (Lipinski definition) is 6. The van der Waals surface area contributed by atoms with Crippen molar-refractivity contribution < 1.29 is 14.3 Å². The lowest BCUT2D eigenvalue weighted by Crippen LogP contribution is -2.40. The number of nitrogens with one attached hydrogen (secondary N) is 2. The molecule has 192 valence electrons. The Kier molecular flexibility index (Phi) is 8.32. The number of piperidine rings is 1. The summed E-state index contributed by atoms with van der Waals surface area (Å²) in [6, 6.07) is 7.27. The first-order valence-corrected chi connectivity index (χ1v) is 12.6. The molecule has 9 nitrogen and oxygen atoms in total. The Morgan fingerprint density at radius 1 is 1.17 bits per heavy atom. The number of likely N-dealkylation sites (tertiary alicyclic amines) is 1. The monoisotopic (exact) mass is 492 g/mol. The molecule has 2 amide bonds. The van der Waals surface area contributed by atoms with Gasteiger partial charge in [-0.3, -0.25) is 14.6 Å². The molecular formula is C27H36N6O3. The third-order valence-corrected chi connectivity index (χ3v) is 6.59. The first-order chi connectivity index (χ1) is 17.4. The minimum absolute atomic E-state index is 0.0699. The zero-order chi connectivity index (χ0) is 25.7. The topological polar surface area (TPSA) is 101 Å². The molecule has 0 saturated carbocycles. The van der Waals surface area contributed by atoms with Gasteiger partial charge in [-0.2, -0.15) is 0 Å². The summed E-state index contributed by atoms with van der Waals surface area (Å²) < 4.78 is 6.86. The number of fused-ring (bicyclic) bond motifs is 1. The summed E-state index contributed by atoms with van der Waals surface area (Å²) in [5, 5.41) is 5.97. The van der Waals surface area contributed by atoms with Crippen molar-refractivity contribution in [2.24, 2.45) is 18.9 Å². The van der Waals surface area contributed by atoms with E-state index in [0.29, 0.717) is 35.1 Å². The molecule has 2 aromatic heterocycles. The van der Waals surface area contributed by atoms with E-state index in [1.54, 1.807) is 24.5 Å². The quantitative estimate of drug-likeness (QED) is 0.475. The Morgan fingerprint density at radius 3 is 2.56 bits per heavy atom. The lowest BCUT2D eigenvalue weighted by Gasteiger charge is -2.33. The lowest BCUT2D eigenvalue weighted by atomic mass is 9.96. The SMILES string of the molecule is COCC(=O)Nc1cc(C(=O)NCC2CCN(CC(C)C)CC2)c2c(c1)nc(-c1ccncc1)n2C. The van der Waals surface area contributed by atoms with Gasteiger partial charge >= 0.3 is 0 Å². The largest absolute Gasteiger partial charge is 0.375 e. The number of carbonyl (C=O) groups is 2. The van der Waals surface area contributed by atoms with Gasteiger partial charge in [-0.25, -0.2) is 4.98 Å². The number of ether oxygens (including phenoxy) is 1. The first-order valence-electron chi connectivity index (χ1n) is 12.6. The fourth-order valence-corrected chi connectivity index (χ4v) is 4.91. The van der Waals surface area contributed by atoms with E-state index in [9.17, 15) is 9.59 Å². The number of anilines is 1. The summed E-state index contributed by atoms with van der Waals surface area (Å²) >= 11 is 0. The van der Waals surface area contributed by atoms with Crippen molar-refractivity contribution in [2.45, 2.75) is 26.7 Å². The van der Waals surface area contributed by atoms with Crippen molar-refractivity contribution >= 4 is 28.5 Å². The molecule has 1 aromatic carbocycles. The predicted molar refractivity (Wildman–Crippen MR) is 141 cm³/mol. The van der Waals surface area contributed by atoms with Crippen LogP contribution in [0.3, 0.4) is 0 Å². The molecule has 3 heterocycles. The summed E-state index contributed by atoms with van der Waals surface area (Å²) in [7, 11) is 3.37. The van der Waals surface area contributed by atoms with Gasteiger partial charge in [0.15, 0.2) is 0 Å². The van der Waals surface area contributed by atoms with Gasteiger partial charge < -0.3 is 24.8 Å². The number of pyridine rings is 1. The minimum Gasteiger partial charge on any atom is -0.375 e. The van der Waals surface area contributed by atoms with Gasteiger partial charge in [-0.15, -0.1) is 0 Å². The molecule has 9 heteroatoms. The standard InChI is InChI=1S/C27H36N6O3/c1-18(2)16-33-11-7-19(8-12-33)15-29-27(35)22-13-21(30-24(34)17-36-4)14-23-25(22)32(3)26(31-23)20-5-9-28-10-6-20/h5-6,9-10,13-14,18-19H,7-8,11-12,15-17H2,1-4H3,(H,29,35)(H,30,34). The van der Waals surface area contributed by atoms with E-state index < -0.39 is 0 Å². The maximum Gasteiger partial charge on any atom is 0.253 e. The second-order valence-electron chi connectivity index (χ2n) is 9.95. The second-order valence-corrected chi connectivity index (χ2v) is 9.95. The van der Waals surface area contributed by atoms with Gasteiger partial charge in [0.1, 0.15) is 12.4 Å². The van der Waals surface area contributed by atoms with Gasteiger partial charge in [0, 0.05) is 50.9 Å². The van der Waals surface area contributed by atoms with Crippen molar-refractivity contribution in [3.8, 4) is 11.4 Å². The number of hydrogen-bond donors (Lipinski definition) is 2. The number of aryl methyl sites for hydroxylation is 1. The third kappa shape index (κ3) is 6.09. The highest BCUT2D eigenvalue weighted by Gasteiger charge is 2.23. The van der Waals surface area contributed by atoms with Crippen LogP contribution in [0.15, 0.2) is 36.7 Å². The Morgan fingerprint density at radius 2 is 1.89 bits per heavy atom. The molecule has 2 N–H and O–H groups in total. The zero-order valence-electron chi connectivity index (χ0n) is 21.6. The molecule has 3 aromatic rings. The van der Waals surface area contributed by atoms with E-state index in [1.807, 2.05) is 23.7 Å². The summed E-state index contributed by atoms with van der Waals surface area (Å²) in [4.78, 5) is 37.0. The minimum atomic E-state index is -0.290. The van der Waals surface area contributed by atoms with E-state index in [-0.39, 0.29) is 18.4 Å². The molecule has 0 unspecified atom stereocenters. The van der Waals surface area contributed by atoms with Crippen molar-refractivity contribution in [3.05, 3.63) is 42.2 Å². The smallest absolute Gasteiger partial charge is 0.253 e. The van der Waals surface area contributed by atoms with Gasteiger partial charge in [-0.1, -0.05) is 13.8 Å². The molecule has 1 aliphatic heterocycles. The zero-order valence-corrected chi connectivity index (χ0v) is 21.6. The molecule has 0 bridgehead atoms. The van der Waals surface area contributed by atoms with Crippen LogP contribution < -0.4 is 10.6 Å². The van der Waals surface area contributed by atoms with E-state index in [2.05, 4.69) is 34.4 Å². The average molecular weight is 493 g/mol. The molecule has 1 aliphatic rings. The molecule has 4 rings (SSSR count). The van der Waals surface area contributed by atoms with E-state index in [0.717, 1.165) is 49.4 Å². The van der Waals surface area contributed by atoms with Crippen LogP contribution in [0.4, 0.5) is 5.69 Å². The van der Waals surface area contributed by atoms with E-state index in [1.165, 1.54) is 7.11 Å². The molecule has 0 spiro atoms. The predicted octanol–water partition coefficient (Wildman–Crippen LogP) is 3.32. The molecule has 0 aliphatic carbocycles. The molecule has 1 fully saturated rings. The fourth-order valence-electron chi connectivity index (χ4n) is 4.91. The number of aromatic nitrogens is 3. The highest BCUT2D eigenvalue weighted by molar-refractivity contribution is 6.08. The van der Waals surface area contributed by atoms with Crippen LogP contribution in [0.25, 0.3) is 22.4 Å². The van der Waals surface area contributed by atoms with Crippen molar-refractivity contribution in [1.29, 1.82) is 0 Å². The lowest BCUT2D eigenvalue weighted by molar-refractivity contribution is -0.119. The Labute approximate surface area is 212 Å². The van der Waals surface area contributed by atoms with Gasteiger partial charge in [0.05, 0.1) is 16.6 Å². The number of rotatable bonds is 9. The van der Waals surface area contributed by atoms with Gasteiger partial charge in [-0.05, 0) is 62.0 Å². The first kappa shape index (κ1) is 25.8. The number of imidazole rings is 1. The average Bonchev–Trinajstić information content (AvgIpc) is 3.19. The van der Waals surface area contributed by atoms with Crippen LogP contribution in [0.2, 0.25) is 0 Å². The van der Waals surface area contributed by atoms with Crippen LogP contribution in [0.5, 0.6) is 0 Å². The van der Waals surface area contributed by atoms with Gasteiger partial charge in [0.2, 0.25) is 5.91 Å². The van der Waals surface area contributed by atoms with Crippen molar-refractivity contribution in [2.75, 3.05) is 45.2 Å². The van der Waals surface area contributed by atoms with Crippen LogP contribution >= 0.6 is 0 Å². The normalized spacial score (nSPS) is 14.9. The molecule has 1 saturated heterocycles. The summed E-state index contributed by atoms with van der Waals surface area (Å²) in [5.41, 5.74) is 3.24. The number of nitrogens with zero attached hydrogens (tertiary/aromatic N) is 4. The number of carbonyl (C=O) groups excluding carboxylic acids is 2. The van der Waals surface area contributed by atoms with Crippen LogP contribution in [0, 0.1) is 11.8 Å². The molecule has 0 atom stereocenters. The fraction of sp³-hybridized carbons (Fsp3) is 0.481. The van der Waals surface area contributed by atoms with Crippen molar-refractivity contribution in [1.82, 2.24) is 24.8 Å². The summed E-state index contributed by atoms with van der Waals surface area (Å²) in [5.74, 6) is 1.38. The Hall–Kier alpha value is -3.30. The maximum absolute atomic E-state index is 13.5. The number of amides is 2. The molecule has 36 heavy (non-hydrogen) atoms. The summed E-state index contributed by atoms with van der Waals surface area (Å²) in [6.45, 7) is 8.32. The molecular weight excluding hydrogens is 456 g/mol. The van der Waals surface area contributed by atoms with Crippen LogP contribution in [0.1, 0.15) is 37.0 Å². The van der Waals surface area contributed by atoms with Crippen molar-refractivity contribution in [3.63, 3.8) is 0 Å². The highest BCUT2D eigenvalue weighted by atomic mass is 16.5. The second kappa shape index (κ2) is 11.6. The number of methoxy groups -OCH3 is 1. The van der Waals surface area contributed by atoms with E-state index >= 15 is 0 Å². The summed E-state index contributed by atoms with van der Waals surface area (Å²) in [6.07, 6.45) is 5.58.